The molecule has 3 heterocycles. The molecule has 3 aliphatic heterocycles. The molecule has 0 spiro atoms. The van der Waals surface area contributed by atoms with Gasteiger partial charge in [0.2, 0.25) is 6.79 Å². The van der Waals surface area contributed by atoms with Gasteiger partial charge in [-0.05, 0) is 18.6 Å². The molecule has 1 unspecified atom stereocenters. The molecule has 0 saturated carbocycles. The van der Waals surface area contributed by atoms with Crippen LogP contribution in [0.1, 0.15) is 6.42 Å². The Bertz CT molecular complexity index is 774. The molecule has 136 valence electrons. The van der Waals surface area contributed by atoms with Crippen LogP contribution in [0.5, 0.6) is 11.5 Å². The van der Waals surface area contributed by atoms with Crippen molar-refractivity contribution in [3.05, 3.63) is 18.2 Å². The third-order valence-corrected chi connectivity index (χ3v) is 6.62. The first-order chi connectivity index (χ1) is 12.0. The highest BCUT2D eigenvalue weighted by Crippen LogP contribution is 2.35. The van der Waals surface area contributed by atoms with E-state index in [0.717, 1.165) is 30.3 Å². The third kappa shape index (κ3) is 3.46. The van der Waals surface area contributed by atoms with Crippen molar-refractivity contribution in [1.82, 2.24) is 10.2 Å². The lowest BCUT2D eigenvalue weighted by Gasteiger charge is -2.36. The lowest BCUT2D eigenvalue weighted by Crippen LogP contribution is -2.53. The summed E-state index contributed by atoms with van der Waals surface area (Å²) >= 11 is 0. The summed E-state index contributed by atoms with van der Waals surface area (Å²) in [5.41, 5.74) is 1.05. The van der Waals surface area contributed by atoms with Gasteiger partial charge in [0.15, 0.2) is 21.3 Å². The number of hydrogen-bond donors (Lipinski definition) is 1. The van der Waals surface area contributed by atoms with Crippen molar-refractivity contribution < 1.29 is 22.7 Å². The predicted molar refractivity (Wildman–Crippen MR) is 91.9 cm³/mol. The van der Waals surface area contributed by atoms with Crippen LogP contribution in [-0.2, 0) is 9.84 Å². The Morgan fingerprint density at radius 1 is 1.12 bits per heavy atom. The molecule has 2 amide bonds. The molecule has 9 heteroatoms. The maximum Gasteiger partial charge on any atom is 0.317 e. The van der Waals surface area contributed by atoms with Crippen molar-refractivity contribution in [3.8, 4) is 11.5 Å². The molecule has 0 aliphatic carbocycles. The maximum absolute atomic E-state index is 12.3. The van der Waals surface area contributed by atoms with Gasteiger partial charge < -0.3 is 24.6 Å². The van der Waals surface area contributed by atoms with Crippen LogP contribution in [0, 0.1) is 0 Å². The summed E-state index contributed by atoms with van der Waals surface area (Å²) in [5.74, 6) is 1.72. The molecule has 1 atom stereocenters. The SMILES string of the molecule is O=C(NC1CCS(=O)(=O)C1)N1CCN(c2ccc3c(c2)OCO3)CC1. The van der Waals surface area contributed by atoms with E-state index in [1.54, 1.807) is 4.90 Å². The van der Waals surface area contributed by atoms with Crippen molar-refractivity contribution in [1.29, 1.82) is 0 Å². The van der Waals surface area contributed by atoms with E-state index in [4.69, 9.17) is 9.47 Å². The normalized spacial score (nSPS) is 24.4. The van der Waals surface area contributed by atoms with E-state index in [9.17, 15) is 13.2 Å². The quantitative estimate of drug-likeness (QED) is 0.816. The first kappa shape index (κ1) is 16.3. The number of nitrogens with zero attached hydrogens (tertiary/aromatic N) is 2. The van der Waals surface area contributed by atoms with Crippen LogP contribution in [0.2, 0.25) is 0 Å². The second-order valence-corrected chi connectivity index (χ2v) is 8.79. The number of hydrogen-bond acceptors (Lipinski definition) is 6. The number of nitrogens with one attached hydrogen (secondary N) is 1. The zero-order valence-electron chi connectivity index (χ0n) is 13.8. The van der Waals surface area contributed by atoms with Gasteiger partial charge in [0, 0.05) is 44.0 Å². The Morgan fingerprint density at radius 2 is 1.88 bits per heavy atom. The molecule has 0 bridgehead atoms. The fourth-order valence-electron chi connectivity index (χ4n) is 3.42. The number of piperazine rings is 1. The molecule has 3 aliphatic rings. The van der Waals surface area contributed by atoms with Gasteiger partial charge in [-0.2, -0.15) is 0 Å². The minimum absolute atomic E-state index is 0.0515. The van der Waals surface area contributed by atoms with Crippen molar-refractivity contribution in [2.75, 3.05) is 49.4 Å². The van der Waals surface area contributed by atoms with Gasteiger partial charge in [0.05, 0.1) is 11.5 Å². The number of anilines is 1. The van der Waals surface area contributed by atoms with Crippen LogP contribution in [-0.4, -0.2) is 69.9 Å². The molecular formula is C16H21N3O5S. The molecular weight excluding hydrogens is 346 g/mol. The standard InChI is InChI=1S/C16H21N3O5S/c20-16(17-12-3-8-25(21,22)10-12)19-6-4-18(5-7-19)13-1-2-14-15(9-13)24-11-23-14/h1-2,9,12H,3-8,10-11H2,(H,17,20). The maximum atomic E-state index is 12.3. The van der Waals surface area contributed by atoms with Gasteiger partial charge in [-0.3, -0.25) is 0 Å². The highest BCUT2D eigenvalue weighted by molar-refractivity contribution is 7.91. The Morgan fingerprint density at radius 3 is 2.60 bits per heavy atom. The fourth-order valence-corrected chi connectivity index (χ4v) is 5.10. The third-order valence-electron chi connectivity index (χ3n) is 4.85. The van der Waals surface area contributed by atoms with Gasteiger partial charge in [-0.15, -0.1) is 0 Å². The molecule has 8 nitrogen and oxygen atoms in total. The average Bonchev–Trinajstić information content (AvgIpc) is 3.20. The lowest BCUT2D eigenvalue weighted by atomic mass is 10.2. The second-order valence-electron chi connectivity index (χ2n) is 6.56. The molecule has 1 N–H and O–H groups in total. The Kier molecular flexibility index (Phi) is 4.10. The number of fused-ring (bicyclic) bond motifs is 1. The van der Waals surface area contributed by atoms with E-state index >= 15 is 0 Å². The summed E-state index contributed by atoms with van der Waals surface area (Å²) in [7, 11) is -2.99. The largest absolute Gasteiger partial charge is 0.454 e. The smallest absolute Gasteiger partial charge is 0.317 e. The number of benzene rings is 1. The van der Waals surface area contributed by atoms with Gasteiger partial charge in [-0.25, -0.2) is 13.2 Å². The van der Waals surface area contributed by atoms with Crippen molar-refractivity contribution in [2.45, 2.75) is 12.5 Å². The molecule has 25 heavy (non-hydrogen) atoms. The number of urea groups is 1. The van der Waals surface area contributed by atoms with E-state index in [2.05, 4.69) is 10.2 Å². The van der Waals surface area contributed by atoms with E-state index in [1.807, 2.05) is 18.2 Å². The van der Waals surface area contributed by atoms with Gasteiger partial charge in [-0.1, -0.05) is 0 Å². The summed E-state index contributed by atoms with van der Waals surface area (Å²) < 4.78 is 33.7. The van der Waals surface area contributed by atoms with Gasteiger partial charge >= 0.3 is 6.03 Å². The zero-order chi connectivity index (χ0) is 17.4. The van der Waals surface area contributed by atoms with Crippen LogP contribution in [0.4, 0.5) is 10.5 Å². The van der Waals surface area contributed by atoms with Crippen molar-refractivity contribution in [3.63, 3.8) is 0 Å². The molecule has 0 aromatic heterocycles. The first-order valence-corrected chi connectivity index (χ1v) is 10.2. The lowest BCUT2D eigenvalue weighted by molar-refractivity contribution is 0.174. The molecule has 2 saturated heterocycles. The van der Waals surface area contributed by atoms with Crippen molar-refractivity contribution >= 4 is 21.6 Å². The first-order valence-electron chi connectivity index (χ1n) is 8.41. The summed E-state index contributed by atoms with van der Waals surface area (Å²) in [5, 5.41) is 2.85. The summed E-state index contributed by atoms with van der Waals surface area (Å²) in [6.45, 7) is 2.88. The molecule has 2 fully saturated rings. The van der Waals surface area contributed by atoms with Crippen LogP contribution < -0.4 is 19.7 Å². The van der Waals surface area contributed by atoms with E-state index in [-0.39, 0.29) is 30.4 Å². The minimum Gasteiger partial charge on any atom is -0.454 e. The van der Waals surface area contributed by atoms with Crippen LogP contribution in [0.25, 0.3) is 0 Å². The Hall–Kier alpha value is -2.16. The summed E-state index contributed by atoms with van der Waals surface area (Å²) in [6, 6.07) is 5.42. The van der Waals surface area contributed by atoms with E-state index < -0.39 is 9.84 Å². The van der Waals surface area contributed by atoms with Crippen LogP contribution in [0.15, 0.2) is 18.2 Å². The number of rotatable bonds is 2. The van der Waals surface area contributed by atoms with Crippen LogP contribution >= 0.6 is 0 Å². The van der Waals surface area contributed by atoms with E-state index in [1.165, 1.54) is 0 Å². The summed E-state index contributed by atoms with van der Waals surface area (Å²) in [4.78, 5) is 16.3. The topological polar surface area (TPSA) is 88.2 Å². The number of sulfone groups is 1. The molecule has 1 aromatic rings. The monoisotopic (exact) mass is 367 g/mol. The molecule has 4 rings (SSSR count). The van der Waals surface area contributed by atoms with Gasteiger partial charge in [0.25, 0.3) is 0 Å². The highest BCUT2D eigenvalue weighted by atomic mass is 32.2. The van der Waals surface area contributed by atoms with Gasteiger partial charge in [0.1, 0.15) is 0 Å². The number of carbonyl (C=O) groups is 1. The van der Waals surface area contributed by atoms with Crippen LogP contribution in [0.3, 0.4) is 0 Å². The zero-order valence-corrected chi connectivity index (χ0v) is 14.6. The fraction of sp³-hybridized carbons (Fsp3) is 0.562. The number of carbonyl (C=O) groups excluding carboxylic acids is 1. The second kappa shape index (κ2) is 6.29. The average molecular weight is 367 g/mol. The highest BCUT2D eigenvalue weighted by Gasteiger charge is 2.31. The van der Waals surface area contributed by atoms with Crippen molar-refractivity contribution in [2.24, 2.45) is 0 Å². The minimum atomic E-state index is -2.99. The molecule has 0 radical (unpaired) electrons. The Labute approximate surface area is 146 Å². The Balaban J connectivity index is 1.31. The number of ether oxygens (including phenoxy) is 2. The predicted octanol–water partition coefficient (Wildman–Crippen LogP) is 0.434. The van der Waals surface area contributed by atoms with E-state index in [0.29, 0.717) is 19.5 Å². The number of amides is 2. The summed E-state index contributed by atoms with van der Waals surface area (Å²) in [6.07, 6.45) is 0.505. The molecule has 1 aromatic carbocycles.